The number of nitrogen functional groups attached to an aromatic ring is 1. The number of hydrogen-bond donors (Lipinski definition) is 1. The molecule has 0 amide bonds. The predicted molar refractivity (Wildman–Crippen MR) is 69.8 cm³/mol. The number of aromatic nitrogens is 2. The van der Waals surface area contributed by atoms with Crippen molar-refractivity contribution in [3.63, 3.8) is 0 Å². The van der Waals surface area contributed by atoms with Gasteiger partial charge in [0.1, 0.15) is 5.82 Å². The first-order valence-electron chi connectivity index (χ1n) is 6.15. The molecule has 1 fully saturated rings. The van der Waals surface area contributed by atoms with Crippen molar-refractivity contribution >= 4 is 11.8 Å². The maximum absolute atomic E-state index is 5.68. The van der Waals surface area contributed by atoms with Crippen molar-refractivity contribution in [1.29, 1.82) is 0 Å². The van der Waals surface area contributed by atoms with Crippen LogP contribution in [0.5, 0.6) is 5.88 Å². The molecule has 6 heteroatoms. The van der Waals surface area contributed by atoms with E-state index in [4.69, 9.17) is 15.2 Å². The smallest absolute Gasteiger partial charge is 0.225 e. The van der Waals surface area contributed by atoms with Crippen molar-refractivity contribution in [2.75, 3.05) is 44.5 Å². The van der Waals surface area contributed by atoms with Crippen LogP contribution >= 0.6 is 0 Å². The molecule has 6 nitrogen and oxygen atoms in total. The van der Waals surface area contributed by atoms with Gasteiger partial charge in [0.25, 0.3) is 0 Å². The molecule has 0 radical (unpaired) electrons. The van der Waals surface area contributed by atoms with Crippen LogP contribution in [0.3, 0.4) is 0 Å². The monoisotopic (exact) mass is 252 g/mol. The summed E-state index contributed by atoms with van der Waals surface area (Å²) in [6.07, 6.45) is 2.34. The molecule has 1 aromatic heterocycles. The number of ether oxygens (including phenoxy) is 2. The summed E-state index contributed by atoms with van der Waals surface area (Å²) in [5.74, 6) is 2.13. The van der Waals surface area contributed by atoms with Crippen LogP contribution < -0.4 is 15.4 Å². The summed E-state index contributed by atoms with van der Waals surface area (Å²) in [4.78, 5) is 10.5. The van der Waals surface area contributed by atoms with Crippen molar-refractivity contribution in [1.82, 2.24) is 9.97 Å². The van der Waals surface area contributed by atoms with E-state index in [9.17, 15) is 0 Å². The van der Waals surface area contributed by atoms with E-state index < -0.39 is 0 Å². The molecule has 1 saturated heterocycles. The fraction of sp³-hybridized carbons (Fsp3) is 0.667. The second-order valence-corrected chi connectivity index (χ2v) is 4.54. The van der Waals surface area contributed by atoms with Gasteiger partial charge in [-0.1, -0.05) is 0 Å². The van der Waals surface area contributed by atoms with Gasteiger partial charge in [0.2, 0.25) is 11.8 Å². The molecule has 1 unspecified atom stereocenters. The van der Waals surface area contributed by atoms with Crippen LogP contribution in [-0.2, 0) is 4.74 Å². The van der Waals surface area contributed by atoms with Gasteiger partial charge in [-0.25, -0.2) is 0 Å². The number of methoxy groups -OCH3 is 2. The van der Waals surface area contributed by atoms with Gasteiger partial charge >= 0.3 is 0 Å². The molecule has 2 N–H and O–H groups in total. The van der Waals surface area contributed by atoms with Crippen LogP contribution in [0.1, 0.15) is 12.8 Å². The molecule has 1 atom stereocenters. The van der Waals surface area contributed by atoms with Crippen molar-refractivity contribution in [2.45, 2.75) is 12.8 Å². The van der Waals surface area contributed by atoms with Crippen LogP contribution in [0.25, 0.3) is 0 Å². The molecule has 0 saturated carbocycles. The maximum Gasteiger partial charge on any atom is 0.225 e. The molecule has 1 aromatic rings. The normalized spacial score (nSPS) is 19.9. The van der Waals surface area contributed by atoms with Crippen LogP contribution in [0.2, 0.25) is 0 Å². The Morgan fingerprint density at radius 1 is 1.44 bits per heavy atom. The first-order valence-corrected chi connectivity index (χ1v) is 6.15. The molecule has 0 aromatic carbocycles. The predicted octanol–water partition coefficient (Wildman–Crippen LogP) is 0.930. The van der Waals surface area contributed by atoms with Crippen molar-refractivity contribution in [3.05, 3.63) is 6.07 Å². The Bertz CT molecular complexity index is 398. The molecule has 18 heavy (non-hydrogen) atoms. The number of piperidine rings is 1. The Morgan fingerprint density at radius 3 is 3.00 bits per heavy atom. The van der Waals surface area contributed by atoms with E-state index in [-0.39, 0.29) is 5.95 Å². The number of rotatable bonds is 4. The van der Waals surface area contributed by atoms with Gasteiger partial charge in [0.05, 0.1) is 13.7 Å². The molecule has 1 aliphatic heterocycles. The third kappa shape index (κ3) is 3.01. The number of nitrogens with two attached hydrogens (primary N) is 1. The fourth-order valence-electron chi connectivity index (χ4n) is 2.34. The van der Waals surface area contributed by atoms with Gasteiger partial charge in [-0.2, -0.15) is 9.97 Å². The number of hydrogen-bond acceptors (Lipinski definition) is 6. The second-order valence-electron chi connectivity index (χ2n) is 4.54. The topological polar surface area (TPSA) is 73.5 Å². The minimum atomic E-state index is 0.248. The fourth-order valence-corrected chi connectivity index (χ4v) is 2.34. The summed E-state index contributed by atoms with van der Waals surface area (Å²) < 4.78 is 10.3. The van der Waals surface area contributed by atoms with Crippen molar-refractivity contribution in [3.8, 4) is 5.88 Å². The lowest BCUT2D eigenvalue weighted by molar-refractivity contribution is 0.143. The van der Waals surface area contributed by atoms with Gasteiger partial charge in [0.15, 0.2) is 0 Å². The minimum Gasteiger partial charge on any atom is -0.481 e. The highest BCUT2D eigenvalue weighted by atomic mass is 16.5. The van der Waals surface area contributed by atoms with Crippen LogP contribution in [0.15, 0.2) is 6.07 Å². The summed E-state index contributed by atoms with van der Waals surface area (Å²) in [7, 11) is 3.32. The zero-order chi connectivity index (χ0) is 13.0. The Labute approximate surface area is 107 Å². The number of anilines is 2. The van der Waals surface area contributed by atoms with E-state index in [1.807, 2.05) is 6.07 Å². The summed E-state index contributed by atoms with van der Waals surface area (Å²) >= 11 is 0. The van der Waals surface area contributed by atoms with Crippen LogP contribution in [0, 0.1) is 5.92 Å². The van der Waals surface area contributed by atoms with Crippen LogP contribution in [-0.4, -0.2) is 43.9 Å². The SMILES string of the molecule is COCC1CCCN(c2cc(OC)nc(N)n2)C1. The van der Waals surface area contributed by atoms with E-state index in [2.05, 4.69) is 14.9 Å². The largest absolute Gasteiger partial charge is 0.481 e. The van der Waals surface area contributed by atoms with E-state index in [0.717, 1.165) is 31.9 Å². The summed E-state index contributed by atoms with van der Waals surface area (Å²) in [6.45, 7) is 2.71. The van der Waals surface area contributed by atoms with E-state index >= 15 is 0 Å². The standard InChI is InChI=1S/C12H20N4O2/c1-17-8-9-4-3-5-16(7-9)10-6-11(18-2)15-12(13)14-10/h6,9H,3-5,7-8H2,1-2H3,(H2,13,14,15). The highest BCUT2D eigenvalue weighted by Crippen LogP contribution is 2.24. The Kier molecular flexibility index (Phi) is 4.19. The highest BCUT2D eigenvalue weighted by Gasteiger charge is 2.21. The zero-order valence-corrected chi connectivity index (χ0v) is 10.9. The van der Waals surface area contributed by atoms with Gasteiger partial charge in [-0.15, -0.1) is 0 Å². The second kappa shape index (κ2) is 5.86. The Hall–Kier alpha value is -1.56. The van der Waals surface area contributed by atoms with Gasteiger partial charge < -0.3 is 20.1 Å². The molecule has 2 rings (SSSR count). The highest BCUT2D eigenvalue weighted by molar-refractivity contribution is 5.45. The first-order chi connectivity index (χ1) is 8.72. The lowest BCUT2D eigenvalue weighted by Gasteiger charge is -2.33. The average Bonchev–Trinajstić information content (AvgIpc) is 2.39. The first kappa shape index (κ1) is 12.9. The molecule has 100 valence electrons. The molecule has 0 spiro atoms. The van der Waals surface area contributed by atoms with Crippen LogP contribution in [0.4, 0.5) is 11.8 Å². The quantitative estimate of drug-likeness (QED) is 0.859. The van der Waals surface area contributed by atoms with Gasteiger partial charge in [-0.05, 0) is 18.8 Å². The van der Waals surface area contributed by atoms with E-state index in [1.165, 1.54) is 6.42 Å². The molecule has 2 heterocycles. The minimum absolute atomic E-state index is 0.248. The van der Waals surface area contributed by atoms with Gasteiger partial charge in [-0.3, -0.25) is 0 Å². The van der Waals surface area contributed by atoms with E-state index in [1.54, 1.807) is 14.2 Å². The third-order valence-corrected chi connectivity index (χ3v) is 3.16. The number of nitrogens with zero attached hydrogens (tertiary/aromatic N) is 3. The maximum atomic E-state index is 5.68. The molecular formula is C12H20N4O2. The summed E-state index contributed by atoms with van der Waals surface area (Å²) in [5.41, 5.74) is 5.68. The Balaban J connectivity index is 2.12. The summed E-state index contributed by atoms with van der Waals surface area (Å²) in [6, 6.07) is 1.82. The summed E-state index contributed by atoms with van der Waals surface area (Å²) in [5, 5.41) is 0. The third-order valence-electron chi connectivity index (χ3n) is 3.16. The van der Waals surface area contributed by atoms with Crippen molar-refractivity contribution < 1.29 is 9.47 Å². The van der Waals surface area contributed by atoms with Crippen molar-refractivity contribution in [2.24, 2.45) is 5.92 Å². The molecule has 1 aliphatic rings. The lowest BCUT2D eigenvalue weighted by atomic mass is 9.99. The average molecular weight is 252 g/mol. The van der Waals surface area contributed by atoms with Gasteiger partial charge in [0, 0.05) is 26.3 Å². The molecule has 0 aliphatic carbocycles. The molecular weight excluding hydrogens is 232 g/mol. The Morgan fingerprint density at radius 2 is 2.28 bits per heavy atom. The van der Waals surface area contributed by atoms with E-state index in [0.29, 0.717) is 11.8 Å². The lowest BCUT2D eigenvalue weighted by Crippen LogP contribution is -2.37. The zero-order valence-electron chi connectivity index (χ0n) is 10.9. The molecule has 0 bridgehead atoms.